The number of isocyanates is 2. The molecule has 4 heteroatoms. The molecular formula is C18H18N2O2. The van der Waals surface area contributed by atoms with E-state index in [1.54, 1.807) is 0 Å². The number of carbonyl (C=O) groups excluding carboxylic acids is 2. The molecule has 2 aromatic carbocycles. The normalized spacial score (nSPS) is 8.82. The van der Waals surface area contributed by atoms with E-state index in [9.17, 15) is 9.59 Å². The van der Waals surface area contributed by atoms with E-state index in [-0.39, 0.29) is 13.1 Å². The second-order valence-electron chi connectivity index (χ2n) is 4.58. The Morgan fingerprint density at radius 3 is 1.41 bits per heavy atom. The lowest BCUT2D eigenvalue weighted by Gasteiger charge is -2.08. The average Bonchev–Trinajstić information content (AvgIpc) is 2.54. The lowest BCUT2D eigenvalue weighted by Crippen LogP contribution is -1.85. The van der Waals surface area contributed by atoms with E-state index in [2.05, 4.69) is 72.4 Å². The number of aryl methyl sites for hydroxylation is 2. The van der Waals surface area contributed by atoms with Gasteiger partial charge in [-0.15, -0.1) is 0 Å². The van der Waals surface area contributed by atoms with Crippen molar-refractivity contribution >= 4 is 12.2 Å². The summed E-state index contributed by atoms with van der Waals surface area (Å²) in [5.74, 6) is 0. The first-order valence-corrected chi connectivity index (χ1v) is 6.89. The SMILES string of the molecule is Cc1ccccc1-c1ccccc1C.O=C=NCCN=C=O. The van der Waals surface area contributed by atoms with Gasteiger partial charge in [-0.3, -0.25) is 0 Å². The number of aliphatic imine (C=N–C) groups is 2. The van der Waals surface area contributed by atoms with Gasteiger partial charge in [-0.05, 0) is 36.1 Å². The first-order valence-electron chi connectivity index (χ1n) is 6.89. The minimum Gasteiger partial charge on any atom is -0.211 e. The summed E-state index contributed by atoms with van der Waals surface area (Å²) in [5.41, 5.74) is 5.35. The van der Waals surface area contributed by atoms with Gasteiger partial charge in [0, 0.05) is 0 Å². The van der Waals surface area contributed by atoms with Crippen molar-refractivity contribution < 1.29 is 9.59 Å². The minimum absolute atomic E-state index is 0.221. The molecule has 0 atom stereocenters. The van der Waals surface area contributed by atoms with E-state index in [1.165, 1.54) is 34.4 Å². The van der Waals surface area contributed by atoms with Crippen LogP contribution in [0.15, 0.2) is 58.5 Å². The zero-order valence-corrected chi connectivity index (χ0v) is 12.7. The summed E-state index contributed by atoms with van der Waals surface area (Å²) in [4.78, 5) is 24.9. The maximum absolute atomic E-state index is 9.34. The molecule has 0 aliphatic rings. The van der Waals surface area contributed by atoms with Crippen LogP contribution in [0.3, 0.4) is 0 Å². The van der Waals surface area contributed by atoms with Crippen molar-refractivity contribution in [3.63, 3.8) is 0 Å². The summed E-state index contributed by atoms with van der Waals surface area (Å²) in [6, 6.07) is 17.0. The van der Waals surface area contributed by atoms with Gasteiger partial charge in [0.05, 0.1) is 13.1 Å². The molecule has 0 aromatic heterocycles. The molecule has 2 aromatic rings. The van der Waals surface area contributed by atoms with Crippen LogP contribution in [0.25, 0.3) is 11.1 Å². The molecule has 0 radical (unpaired) electrons. The Bertz CT molecular complexity index is 636. The van der Waals surface area contributed by atoms with Gasteiger partial charge in [-0.25, -0.2) is 19.6 Å². The van der Waals surface area contributed by atoms with E-state index in [4.69, 9.17) is 0 Å². The number of rotatable bonds is 4. The van der Waals surface area contributed by atoms with Gasteiger partial charge in [0.25, 0.3) is 0 Å². The third kappa shape index (κ3) is 5.68. The van der Waals surface area contributed by atoms with E-state index in [1.807, 2.05) is 0 Å². The van der Waals surface area contributed by atoms with Crippen molar-refractivity contribution in [2.75, 3.05) is 13.1 Å². The Kier molecular flexibility index (Phi) is 7.84. The van der Waals surface area contributed by atoms with Gasteiger partial charge in [-0.2, -0.15) is 0 Å². The van der Waals surface area contributed by atoms with Crippen molar-refractivity contribution in [3.8, 4) is 11.1 Å². The van der Waals surface area contributed by atoms with Gasteiger partial charge < -0.3 is 0 Å². The molecule has 2 rings (SSSR count). The summed E-state index contributed by atoms with van der Waals surface area (Å²) in [7, 11) is 0. The molecule has 0 aliphatic carbocycles. The molecule has 4 nitrogen and oxygen atoms in total. The van der Waals surface area contributed by atoms with E-state index < -0.39 is 0 Å². The maximum atomic E-state index is 9.34. The Hall–Kier alpha value is -2.80. The molecule has 112 valence electrons. The van der Waals surface area contributed by atoms with Gasteiger partial charge in [0.1, 0.15) is 0 Å². The predicted molar refractivity (Wildman–Crippen MR) is 87.3 cm³/mol. The zero-order chi connectivity index (χ0) is 16.2. The fourth-order valence-corrected chi connectivity index (χ4v) is 1.94. The van der Waals surface area contributed by atoms with Crippen molar-refractivity contribution in [1.82, 2.24) is 0 Å². The molecule has 0 N–H and O–H groups in total. The molecule has 0 heterocycles. The van der Waals surface area contributed by atoms with Crippen LogP contribution in [0.5, 0.6) is 0 Å². The molecule has 0 bridgehead atoms. The van der Waals surface area contributed by atoms with E-state index in [0.29, 0.717) is 0 Å². The fraction of sp³-hybridized carbons (Fsp3) is 0.222. The van der Waals surface area contributed by atoms with Crippen LogP contribution in [0.4, 0.5) is 0 Å². The average molecular weight is 294 g/mol. The van der Waals surface area contributed by atoms with Gasteiger partial charge >= 0.3 is 0 Å². The number of nitrogens with zero attached hydrogens (tertiary/aromatic N) is 2. The van der Waals surface area contributed by atoms with Crippen molar-refractivity contribution in [1.29, 1.82) is 0 Å². The van der Waals surface area contributed by atoms with Crippen LogP contribution in [0.2, 0.25) is 0 Å². The molecule has 0 saturated carbocycles. The third-order valence-corrected chi connectivity index (χ3v) is 3.03. The molecule has 0 unspecified atom stereocenters. The molecule has 22 heavy (non-hydrogen) atoms. The van der Waals surface area contributed by atoms with Crippen LogP contribution >= 0.6 is 0 Å². The Balaban J connectivity index is 0.000000261. The van der Waals surface area contributed by atoms with Crippen molar-refractivity contribution in [2.45, 2.75) is 13.8 Å². The predicted octanol–water partition coefficient (Wildman–Crippen LogP) is 3.63. The van der Waals surface area contributed by atoms with Crippen molar-refractivity contribution in [3.05, 3.63) is 59.7 Å². The number of hydrogen-bond acceptors (Lipinski definition) is 4. The highest BCUT2D eigenvalue weighted by atomic mass is 16.1. The summed E-state index contributed by atoms with van der Waals surface area (Å²) < 4.78 is 0. The second kappa shape index (κ2) is 10.0. The zero-order valence-electron chi connectivity index (χ0n) is 12.7. The van der Waals surface area contributed by atoms with Gasteiger partial charge in [-0.1, -0.05) is 48.5 Å². The quantitative estimate of drug-likeness (QED) is 0.491. The molecule has 0 spiro atoms. The van der Waals surface area contributed by atoms with Crippen LogP contribution < -0.4 is 0 Å². The minimum atomic E-state index is 0.221. The van der Waals surface area contributed by atoms with Crippen LogP contribution in [-0.2, 0) is 9.59 Å². The highest BCUT2D eigenvalue weighted by Gasteiger charge is 2.02. The molecule has 0 aliphatic heterocycles. The highest BCUT2D eigenvalue weighted by Crippen LogP contribution is 2.25. The number of benzene rings is 2. The number of hydrogen-bond donors (Lipinski definition) is 0. The Morgan fingerprint density at radius 1 is 0.727 bits per heavy atom. The smallest absolute Gasteiger partial charge is 0.211 e. The summed E-state index contributed by atoms with van der Waals surface area (Å²) in [6.45, 7) is 4.75. The van der Waals surface area contributed by atoms with E-state index >= 15 is 0 Å². The molecule has 0 amide bonds. The maximum Gasteiger partial charge on any atom is 0.235 e. The first kappa shape index (κ1) is 17.3. The molecule has 0 fully saturated rings. The van der Waals surface area contributed by atoms with Crippen LogP contribution in [-0.4, -0.2) is 25.2 Å². The summed E-state index contributed by atoms with van der Waals surface area (Å²) >= 11 is 0. The highest BCUT2D eigenvalue weighted by molar-refractivity contribution is 5.70. The Morgan fingerprint density at radius 2 is 1.09 bits per heavy atom. The summed E-state index contributed by atoms with van der Waals surface area (Å²) in [5, 5.41) is 0. The summed E-state index contributed by atoms with van der Waals surface area (Å²) in [6.07, 6.45) is 2.62. The van der Waals surface area contributed by atoms with Gasteiger partial charge in [0.15, 0.2) is 0 Å². The van der Waals surface area contributed by atoms with Crippen LogP contribution in [0, 0.1) is 13.8 Å². The molecule has 0 saturated heterocycles. The van der Waals surface area contributed by atoms with Crippen LogP contribution in [0.1, 0.15) is 11.1 Å². The second-order valence-corrected chi connectivity index (χ2v) is 4.58. The lowest BCUT2D eigenvalue weighted by atomic mass is 9.97. The molecular weight excluding hydrogens is 276 g/mol. The first-order chi connectivity index (χ1) is 10.7. The van der Waals surface area contributed by atoms with E-state index in [0.717, 1.165) is 0 Å². The topological polar surface area (TPSA) is 58.9 Å². The monoisotopic (exact) mass is 294 g/mol. The van der Waals surface area contributed by atoms with Gasteiger partial charge in [0.2, 0.25) is 12.2 Å². The Labute approximate surface area is 130 Å². The third-order valence-electron chi connectivity index (χ3n) is 3.03. The largest absolute Gasteiger partial charge is 0.235 e. The van der Waals surface area contributed by atoms with Crippen molar-refractivity contribution in [2.24, 2.45) is 9.98 Å². The fourth-order valence-electron chi connectivity index (χ4n) is 1.94. The standard InChI is InChI=1S/C14H14.C4H4N2O2/c1-11-7-3-5-9-13(11)14-10-6-4-8-12(14)2;7-3-5-1-2-6-4-8/h3-10H,1-2H3;1-2H2. The lowest BCUT2D eigenvalue weighted by molar-refractivity contribution is 0.560.